The molecular weight excluding hydrogens is 206 g/mol. The van der Waals surface area contributed by atoms with Gasteiger partial charge >= 0.3 is 0 Å². The summed E-state index contributed by atoms with van der Waals surface area (Å²) in [5.74, 6) is 0. The average molecular weight is 223 g/mol. The summed E-state index contributed by atoms with van der Waals surface area (Å²) in [7, 11) is 2.10. The lowest BCUT2D eigenvalue weighted by atomic mass is 10.2. The summed E-state index contributed by atoms with van der Waals surface area (Å²) in [6, 6.07) is 3.95. The van der Waals surface area contributed by atoms with Gasteiger partial charge in [-0.25, -0.2) is 0 Å². The van der Waals surface area contributed by atoms with Crippen LogP contribution >= 0.6 is 12.2 Å². The van der Waals surface area contributed by atoms with Gasteiger partial charge < -0.3 is 10.6 Å². The van der Waals surface area contributed by atoms with Crippen LogP contribution in [0, 0.1) is 0 Å². The lowest BCUT2D eigenvalue weighted by molar-refractivity contribution is 0.327. The molecule has 3 nitrogen and oxygen atoms in total. The molecule has 1 rings (SSSR count). The second kappa shape index (κ2) is 5.78. The van der Waals surface area contributed by atoms with Crippen molar-refractivity contribution in [2.24, 2.45) is 5.73 Å². The maximum Gasteiger partial charge on any atom is 0.122 e. The molecule has 0 amide bonds. The Kier molecular flexibility index (Phi) is 4.65. The first-order chi connectivity index (χ1) is 7.13. The highest BCUT2D eigenvalue weighted by Crippen LogP contribution is 2.05. The van der Waals surface area contributed by atoms with Crippen molar-refractivity contribution in [2.45, 2.75) is 19.9 Å². The van der Waals surface area contributed by atoms with Crippen LogP contribution in [0.25, 0.3) is 0 Å². The second-order valence-corrected chi connectivity index (χ2v) is 4.09. The highest BCUT2D eigenvalue weighted by molar-refractivity contribution is 7.80. The van der Waals surface area contributed by atoms with Crippen molar-refractivity contribution in [2.75, 3.05) is 13.6 Å². The summed E-state index contributed by atoms with van der Waals surface area (Å²) in [5.41, 5.74) is 7.43. The van der Waals surface area contributed by atoms with E-state index in [1.807, 2.05) is 12.1 Å². The molecular formula is C11H17N3S. The third-order valence-electron chi connectivity index (χ3n) is 2.13. The summed E-state index contributed by atoms with van der Waals surface area (Å²) in [6.07, 6.45) is 2.91. The molecule has 0 aliphatic heterocycles. The molecule has 0 aliphatic rings. The lowest BCUT2D eigenvalue weighted by Crippen LogP contribution is -2.19. The highest BCUT2D eigenvalue weighted by Gasteiger charge is 2.02. The molecule has 0 unspecified atom stereocenters. The molecule has 0 saturated heterocycles. The quantitative estimate of drug-likeness (QED) is 0.769. The Morgan fingerprint density at radius 2 is 2.33 bits per heavy atom. The van der Waals surface area contributed by atoms with Crippen LogP contribution < -0.4 is 5.73 Å². The van der Waals surface area contributed by atoms with Gasteiger partial charge in [-0.05, 0) is 37.7 Å². The first-order valence-electron chi connectivity index (χ1n) is 5.06. The fourth-order valence-corrected chi connectivity index (χ4v) is 1.59. The monoisotopic (exact) mass is 223 g/mol. The van der Waals surface area contributed by atoms with Crippen LogP contribution in [0.5, 0.6) is 0 Å². The van der Waals surface area contributed by atoms with E-state index < -0.39 is 0 Å². The topological polar surface area (TPSA) is 42.2 Å². The van der Waals surface area contributed by atoms with Gasteiger partial charge in [-0.15, -0.1) is 0 Å². The molecule has 0 saturated carbocycles. The predicted octanol–water partition coefficient (Wildman–Crippen LogP) is 1.56. The zero-order chi connectivity index (χ0) is 11.3. The van der Waals surface area contributed by atoms with E-state index in [1.54, 1.807) is 6.20 Å². The van der Waals surface area contributed by atoms with Crippen LogP contribution in [0.4, 0.5) is 0 Å². The van der Waals surface area contributed by atoms with Crippen LogP contribution in [-0.4, -0.2) is 28.5 Å². The third kappa shape index (κ3) is 3.93. The standard InChI is InChI=1S/C11H17N3S/c1-3-6-14(2)8-9-4-5-13-10(7-9)11(12)15/h4-5,7H,3,6,8H2,1-2H3,(H2,12,15). The molecule has 0 aromatic carbocycles. The summed E-state index contributed by atoms with van der Waals surface area (Å²) in [4.78, 5) is 6.73. The van der Waals surface area contributed by atoms with E-state index >= 15 is 0 Å². The van der Waals surface area contributed by atoms with Crippen molar-refractivity contribution in [1.82, 2.24) is 9.88 Å². The Morgan fingerprint density at radius 1 is 1.60 bits per heavy atom. The van der Waals surface area contributed by atoms with Crippen LogP contribution in [0.3, 0.4) is 0 Å². The summed E-state index contributed by atoms with van der Waals surface area (Å²) in [5, 5.41) is 0. The van der Waals surface area contributed by atoms with Gasteiger partial charge in [0.25, 0.3) is 0 Å². The number of thiocarbonyl (C=S) groups is 1. The van der Waals surface area contributed by atoms with E-state index in [2.05, 4.69) is 23.9 Å². The molecule has 0 bridgehead atoms. The minimum absolute atomic E-state index is 0.356. The van der Waals surface area contributed by atoms with Crippen LogP contribution in [0.15, 0.2) is 18.3 Å². The van der Waals surface area contributed by atoms with Crippen molar-refractivity contribution >= 4 is 17.2 Å². The molecule has 4 heteroatoms. The number of hydrogen-bond acceptors (Lipinski definition) is 3. The van der Waals surface area contributed by atoms with Crippen molar-refractivity contribution in [3.05, 3.63) is 29.6 Å². The molecule has 0 radical (unpaired) electrons. The minimum Gasteiger partial charge on any atom is -0.388 e. The Bertz CT molecular complexity index is 338. The van der Waals surface area contributed by atoms with E-state index in [0.29, 0.717) is 10.7 Å². The average Bonchev–Trinajstić information content (AvgIpc) is 2.18. The van der Waals surface area contributed by atoms with E-state index in [0.717, 1.165) is 19.5 Å². The van der Waals surface area contributed by atoms with E-state index in [4.69, 9.17) is 18.0 Å². The van der Waals surface area contributed by atoms with Crippen molar-refractivity contribution in [3.8, 4) is 0 Å². The molecule has 0 aliphatic carbocycles. The van der Waals surface area contributed by atoms with Gasteiger partial charge in [-0.3, -0.25) is 4.98 Å². The van der Waals surface area contributed by atoms with Gasteiger partial charge in [-0.2, -0.15) is 0 Å². The van der Waals surface area contributed by atoms with Gasteiger partial charge in [0, 0.05) is 12.7 Å². The van der Waals surface area contributed by atoms with Gasteiger partial charge in [0.15, 0.2) is 0 Å². The normalized spacial score (nSPS) is 10.6. The fraction of sp³-hybridized carbons (Fsp3) is 0.455. The Labute approximate surface area is 96.3 Å². The molecule has 1 aromatic rings. The van der Waals surface area contributed by atoms with Crippen LogP contribution in [-0.2, 0) is 6.54 Å². The third-order valence-corrected chi connectivity index (χ3v) is 2.34. The number of nitrogens with zero attached hydrogens (tertiary/aromatic N) is 2. The second-order valence-electron chi connectivity index (χ2n) is 3.65. The predicted molar refractivity (Wildman–Crippen MR) is 66.7 cm³/mol. The van der Waals surface area contributed by atoms with Gasteiger partial charge in [0.2, 0.25) is 0 Å². The van der Waals surface area contributed by atoms with E-state index in [-0.39, 0.29) is 0 Å². The number of hydrogen-bond donors (Lipinski definition) is 1. The van der Waals surface area contributed by atoms with E-state index in [1.165, 1.54) is 5.56 Å². The van der Waals surface area contributed by atoms with Crippen LogP contribution in [0.2, 0.25) is 0 Å². The first-order valence-corrected chi connectivity index (χ1v) is 5.47. The summed E-state index contributed by atoms with van der Waals surface area (Å²) in [6.45, 7) is 4.17. The summed E-state index contributed by atoms with van der Waals surface area (Å²) < 4.78 is 0. The largest absolute Gasteiger partial charge is 0.388 e. The molecule has 2 N–H and O–H groups in total. The number of aromatic nitrogens is 1. The molecule has 0 spiro atoms. The zero-order valence-electron chi connectivity index (χ0n) is 9.23. The van der Waals surface area contributed by atoms with Crippen molar-refractivity contribution in [1.29, 1.82) is 0 Å². The Hall–Kier alpha value is -1.00. The first kappa shape index (κ1) is 12.1. The maximum absolute atomic E-state index is 5.53. The molecule has 1 heterocycles. The van der Waals surface area contributed by atoms with E-state index in [9.17, 15) is 0 Å². The van der Waals surface area contributed by atoms with Gasteiger partial charge in [0.05, 0.1) is 5.69 Å². The maximum atomic E-state index is 5.53. The molecule has 0 atom stereocenters. The molecule has 1 aromatic heterocycles. The summed E-state index contributed by atoms with van der Waals surface area (Å²) >= 11 is 4.89. The fourth-order valence-electron chi connectivity index (χ4n) is 1.48. The number of pyridine rings is 1. The van der Waals surface area contributed by atoms with Gasteiger partial charge in [0.1, 0.15) is 4.99 Å². The minimum atomic E-state index is 0.356. The van der Waals surface area contributed by atoms with Crippen molar-refractivity contribution in [3.63, 3.8) is 0 Å². The number of nitrogens with two attached hydrogens (primary N) is 1. The smallest absolute Gasteiger partial charge is 0.122 e. The van der Waals surface area contributed by atoms with Crippen LogP contribution in [0.1, 0.15) is 24.6 Å². The molecule has 15 heavy (non-hydrogen) atoms. The van der Waals surface area contributed by atoms with Crippen molar-refractivity contribution < 1.29 is 0 Å². The SMILES string of the molecule is CCCN(C)Cc1ccnc(C(N)=S)c1. The van der Waals surface area contributed by atoms with Gasteiger partial charge in [-0.1, -0.05) is 19.1 Å². The highest BCUT2D eigenvalue weighted by atomic mass is 32.1. The lowest BCUT2D eigenvalue weighted by Gasteiger charge is -2.15. The number of rotatable bonds is 5. The zero-order valence-corrected chi connectivity index (χ0v) is 10.0. The Balaban J connectivity index is 2.69. The molecule has 0 fully saturated rings. The Morgan fingerprint density at radius 3 is 2.93 bits per heavy atom. The molecule has 82 valence electrons.